The standard InChI is InChI=1S/C18H21NO2/c1-4-21-18(20)17-11-9-16(10-12-17)15-7-5-14(6-8-15)13-19(2)3/h5-12H,4,13H2,1-3H3. The van der Waals surface area contributed by atoms with Crippen molar-refractivity contribution < 1.29 is 9.53 Å². The Hall–Kier alpha value is -2.13. The third kappa shape index (κ3) is 4.17. The average molecular weight is 283 g/mol. The van der Waals surface area contributed by atoms with Crippen LogP contribution < -0.4 is 0 Å². The molecule has 0 fully saturated rings. The van der Waals surface area contributed by atoms with Crippen LogP contribution in [0.4, 0.5) is 0 Å². The minimum atomic E-state index is -0.273. The molecule has 0 unspecified atom stereocenters. The summed E-state index contributed by atoms with van der Waals surface area (Å²) >= 11 is 0. The Labute approximate surface area is 126 Å². The molecule has 0 radical (unpaired) electrons. The summed E-state index contributed by atoms with van der Waals surface area (Å²) in [6, 6.07) is 16.0. The molecule has 0 amide bonds. The van der Waals surface area contributed by atoms with Gasteiger partial charge in [0.25, 0.3) is 0 Å². The van der Waals surface area contributed by atoms with E-state index in [-0.39, 0.29) is 5.97 Å². The minimum Gasteiger partial charge on any atom is -0.462 e. The Morgan fingerprint density at radius 2 is 1.48 bits per heavy atom. The number of carbonyl (C=O) groups is 1. The summed E-state index contributed by atoms with van der Waals surface area (Å²) in [7, 11) is 4.12. The van der Waals surface area contributed by atoms with Gasteiger partial charge in [-0.3, -0.25) is 0 Å². The lowest BCUT2D eigenvalue weighted by Gasteiger charge is -2.10. The van der Waals surface area contributed by atoms with E-state index in [0.717, 1.165) is 17.7 Å². The fraction of sp³-hybridized carbons (Fsp3) is 0.278. The van der Waals surface area contributed by atoms with Crippen LogP contribution in [0.5, 0.6) is 0 Å². The van der Waals surface area contributed by atoms with Crippen molar-refractivity contribution >= 4 is 5.97 Å². The molecule has 0 heterocycles. The second-order valence-corrected chi connectivity index (χ2v) is 5.23. The van der Waals surface area contributed by atoms with Gasteiger partial charge in [0, 0.05) is 6.54 Å². The number of esters is 1. The molecule has 0 aliphatic rings. The summed E-state index contributed by atoms with van der Waals surface area (Å²) < 4.78 is 4.98. The van der Waals surface area contributed by atoms with Crippen LogP contribution in [0.15, 0.2) is 48.5 Å². The second kappa shape index (κ2) is 7.04. The fourth-order valence-corrected chi connectivity index (χ4v) is 2.18. The molecule has 21 heavy (non-hydrogen) atoms. The lowest BCUT2D eigenvalue weighted by Crippen LogP contribution is -2.10. The van der Waals surface area contributed by atoms with Crippen molar-refractivity contribution in [3.63, 3.8) is 0 Å². The van der Waals surface area contributed by atoms with E-state index in [2.05, 4.69) is 43.3 Å². The first kappa shape index (κ1) is 15.3. The van der Waals surface area contributed by atoms with Gasteiger partial charge in [0.1, 0.15) is 0 Å². The summed E-state index contributed by atoms with van der Waals surface area (Å²) in [6.45, 7) is 3.14. The van der Waals surface area contributed by atoms with E-state index >= 15 is 0 Å². The first-order valence-corrected chi connectivity index (χ1v) is 7.11. The zero-order valence-electron chi connectivity index (χ0n) is 12.8. The van der Waals surface area contributed by atoms with Crippen LogP contribution in [-0.4, -0.2) is 31.6 Å². The molecular formula is C18H21NO2. The maximum atomic E-state index is 11.6. The van der Waals surface area contributed by atoms with Gasteiger partial charge in [-0.25, -0.2) is 4.79 Å². The van der Waals surface area contributed by atoms with Crippen LogP contribution >= 0.6 is 0 Å². The van der Waals surface area contributed by atoms with Crippen LogP contribution in [0.2, 0.25) is 0 Å². The van der Waals surface area contributed by atoms with Crippen molar-refractivity contribution in [3.05, 3.63) is 59.7 Å². The largest absolute Gasteiger partial charge is 0.462 e. The molecule has 3 nitrogen and oxygen atoms in total. The van der Waals surface area contributed by atoms with E-state index in [9.17, 15) is 4.79 Å². The fourth-order valence-electron chi connectivity index (χ4n) is 2.18. The molecule has 0 atom stereocenters. The molecule has 2 aromatic rings. The maximum absolute atomic E-state index is 11.6. The summed E-state index contributed by atoms with van der Waals surface area (Å²) in [6.07, 6.45) is 0. The number of nitrogens with zero attached hydrogens (tertiary/aromatic N) is 1. The number of rotatable bonds is 5. The predicted molar refractivity (Wildman–Crippen MR) is 85.2 cm³/mol. The molecule has 3 heteroatoms. The zero-order chi connectivity index (χ0) is 15.2. The van der Waals surface area contributed by atoms with Crippen LogP contribution in [0, 0.1) is 0 Å². The van der Waals surface area contributed by atoms with E-state index in [1.807, 2.05) is 19.1 Å². The quantitative estimate of drug-likeness (QED) is 0.785. The number of hydrogen-bond acceptors (Lipinski definition) is 3. The van der Waals surface area contributed by atoms with Gasteiger partial charge in [0.15, 0.2) is 0 Å². The van der Waals surface area contributed by atoms with Gasteiger partial charge in [-0.05, 0) is 49.8 Å². The highest BCUT2D eigenvalue weighted by Crippen LogP contribution is 2.21. The van der Waals surface area contributed by atoms with Crippen LogP contribution in [-0.2, 0) is 11.3 Å². The van der Waals surface area contributed by atoms with E-state index in [0.29, 0.717) is 12.2 Å². The normalized spacial score (nSPS) is 10.7. The number of carbonyl (C=O) groups excluding carboxylic acids is 1. The number of benzene rings is 2. The maximum Gasteiger partial charge on any atom is 0.338 e. The third-order valence-electron chi connectivity index (χ3n) is 3.18. The summed E-state index contributed by atoms with van der Waals surface area (Å²) in [5.74, 6) is -0.273. The van der Waals surface area contributed by atoms with Crippen LogP contribution in [0.1, 0.15) is 22.8 Å². The van der Waals surface area contributed by atoms with Crippen LogP contribution in [0.3, 0.4) is 0 Å². The molecule has 2 aromatic carbocycles. The highest BCUT2D eigenvalue weighted by atomic mass is 16.5. The molecule has 0 saturated carbocycles. The zero-order valence-corrected chi connectivity index (χ0v) is 12.8. The molecule has 0 aliphatic heterocycles. The first-order valence-electron chi connectivity index (χ1n) is 7.11. The van der Waals surface area contributed by atoms with E-state index in [1.165, 1.54) is 5.56 Å². The van der Waals surface area contributed by atoms with Crippen molar-refractivity contribution in [1.29, 1.82) is 0 Å². The van der Waals surface area contributed by atoms with Crippen LogP contribution in [0.25, 0.3) is 11.1 Å². The van der Waals surface area contributed by atoms with Crippen molar-refractivity contribution in [3.8, 4) is 11.1 Å². The summed E-state index contributed by atoms with van der Waals surface area (Å²) in [5, 5.41) is 0. The highest BCUT2D eigenvalue weighted by molar-refractivity contribution is 5.90. The topological polar surface area (TPSA) is 29.5 Å². The second-order valence-electron chi connectivity index (χ2n) is 5.23. The van der Waals surface area contributed by atoms with Crippen molar-refractivity contribution in [2.24, 2.45) is 0 Å². The predicted octanol–water partition coefficient (Wildman–Crippen LogP) is 3.59. The molecule has 0 saturated heterocycles. The Kier molecular flexibility index (Phi) is 5.12. The summed E-state index contributed by atoms with van der Waals surface area (Å²) in [4.78, 5) is 13.8. The van der Waals surface area contributed by atoms with Crippen molar-refractivity contribution in [1.82, 2.24) is 4.90 Å². The van der Waals surface area contributed by atoms with E-state index in [1.54, 1.807) is 12.1 Å². The van der Waals surface area contributed by atoms with Gasteiger partial charge in [-0.1, -0.05) is 36.4 Å². The molecule has 2 rings (SSSR count). The molecule has 0 bridgehead atoms. The SMILES string of the molecule is CCOC(=O)c1ccc(-c2ccc(CN(C)C)cc2)cc1. The number of hydrogen-bond donors (Lipinski definition) is 0. The smallest absolute Gasteiger partial charge is 0.338 e. The van der Waals surface area contributed by atoms with Gasteiger partial charge >= 0.3 is 5.97 Å². The number of ether oxygens (including phenoxy) is 1. The molecule has 0 aromatic heterocycles. The lowest BCUT2D eigenvalue weighted by atomic mass is 10.0. The van der Waals surface area contributed by atoms with E-state index < -0.39 is 0 Å². The highest BCUT2D eigenvalue weighted by Gasteiger charge is 2.06. The van der Waals surface area contributed by atoms with Crippen molar-refractivity contribution in [2.45, 2.75) is 13.5 Å². The molecule has 110 valence electrons. The summed E-state index contributed by atoms with van der Waals surface area (Å²) in [5.41, 5.74) is 4.11. The molecule has 0 N–H and O–H groups in total. The molecule has 0 spiro atoms. The van der Waals surface area contributed by atoms with Gasteiger partial charge in [-0.15, -0.1) is 0 Å². The Morgan fingerprint density at radius 3 is 1.95 bits per heavy atom. The van der Waals surface area contributed by atoms with Gasteiger partial charge in [0.05, 0.1) is 12.2 Å². The van der Waals surface area contributed by atoms with Gasteiger partial charge in [0.2, 0.25) is 0 Å². The lowest BCUT2D eigenvalue weighted by molar-refractivity contribution is 0.0526. The Balaban J connectivity index is 2.13. The van der Waals surface area contributed by atoms with Crippen molar-refractivity contribution in [2.75, 3.05) is 20.7 Å². The average Bonchev–Trinajstić information content (AvgIpc) is 2.48. The Morgan fingerprint density at radius 1 is 0.952 bits per heavy atom. The first-order chi connectivity index (χ1) is 10.1. The molecular weight excluding hydrogens is 262 g/mol. The molecule has 0 aliphatic carbocycles. The van der Waals surface area contributed by atoms with E-state index in [4.69, 9.17) is 4.74 Å². The minimum absolute atomic E-state index is 0.273. The van der Waals surface area contributed by atoms with Gasteiger partial charge in [-0.2, -0.15) is 0 Å². The monoisotopic (exact) mass is 283 g/mol. The Bertz CT molecular complexity index is 586. The third-order valence-corrected chi connectivity index (χ3v) is 3.18. The van der Waals surface area contributed by atoms with Gasteiger partial charge < -0.3 is 9.64 Å².